The second-order valence-electron chi connectivity index (χ2n) is 7.19. The van der Waals surface area contributed by atoms with E-state index in [0.717, 1.165) is 5.56 Å². The lowest BCUT2D eigenvalue weighted by atomic mass is 10.2. The highest BCUT2D eigenvalue weighted by molar-refractivity contribution is 7.99. The molecule has 1 heterocycles. The van der Waals surface area contributed by atoms with Crippen molar-refractivity contribution in [1.29, 1.82) is 0 Å². The number of amides is 1. The minimum atomic E-state index is -0.534. The zero-order valence-corrected chi connectivity index (χ0v) is 18.3. The van der Waals surface area contributed by atoms with Crippen LogP contribution >= 0.6 is 11.8 Å². The van der Waals surface area contributed by atoms with E-state index in [2.05, 4.69) is 15.5 Å². The van der Waals surface area contributed by atoms with Crippen LogP contribution in [0.3, 0.4) is 0 Å². The SMILES string of the molecule is CC(Oc1ccccc1F)c1nnc(SCC(=O)NCc2ccc(F)cc2)n1C(C)C. The number of carbonyl (C=O) groups is 1. The number of hydrogen-bond donors (Lipinski definition) is 1. The first-order chi connectivity index (χ1) is 14.8. The van der Waals surface area contributed by atoms with Gasteiger partial charge in [0.25, 0.3) is 0 Å². The van der Waals surface area contributed by atoms with Crippen LogP contribution in [0, 0.1) is 11.6 Å². The number of thioether (sulfide) groups is 1. The summed E-state index contributed by atoms with van der Waals surface area (Å²) in [7, 11) is 0. The largest absolute Gasteiger partial charge is 0.480 e. The van der Waals surface area contributed by atoms with Crippen molar-refractivity contribution in [3.63, 3.8) is 0 Å². The number of nitrogens with zero attached hydrogens (tertiary/aromatic N) is 3. The molecule has 0 saturated carbocycles. The van der Waals surface area contributed by atoms with Gasteiger partial charge in [0.05, 0.1) is 5.75 Å². The molecule has 3 rings (SSSR count). The predicted molar refractivity (Wildman–Crippen MR) is 115 cm³/mol. The number of carbonyl (C=O) groups excluding carboxylic acids is 1. The Hall–Kier alpha value is -2.94. The van der Waals surface area contributed by atoms with Crippen LogP contribution in [-0.4, -0.2) is 26.4 Å². The molecule has 0 spiro atoms. The molecule has 2 aromatic carbocycles. The van der Waals surface area contributed by atoms with Crippen molar-refractivity contribution in [2.24, 2.45) is 0 Å². The van der Waals surface area contributed by atoms with Gasteiger partial charge in [0.1, 0.15) is 5.82 Å². The lowest BCUT2D eigenvalue weighted by molar-refractivity contribution is -0.118. The van der Waals surface area contributed by atoms with Crippen LogP contribution in [-0.2, 0) is 11.3 Å². The molecular weight excluding hydrogens is 422 g/mol. The first-order valence-corrected chi connectivity index (χ1v) is 10.8. The highest BCUT2D eigenvalue weighted by atomic mass is 32.2. The molecule has 1 amide bonds. The molecule has 1 N–H and O–H groups in total. The molecule has 9 heteroatoms. The fraction of sp³-hybridized carbons (Fsp3) is 0.318. The molecule has 31 heavy (non-hydrogen) atoms. The zero-order valence-electron chi connectivity index (χ0n) is 17.5. The lowest BCUT2D eigenvalue weighted by Gasteiger charge is -2.19. The van der Waals surface area contributed by atoms with Gasteiger partial charge in [-0.1, -0.05) is 36.0 Å². The van der Waals surface area contributed by atoms with Gasteiger partial charge in [-0.05, 0) is 50.6 Å². The Morgan fingerprint density at radius 2 is 1.81 bits per heavy atom. The van der Waals surface area contributed by atoms with E-state index in [-0.39, 0.29) is 29.3 Å². The van der Waals surface area contributed by atoms with Crippen molar-refractivity contribution in [1.82, 2.24) is 20.1 Å². The molecule has 1 aromatic heterocycles. The molecule has 6 nitrogen and oxygen atoms in total. The molecule has 1 atom stereocenters. The molecule has 0 aliphatic carbocycles. The number of halogens is 2. The maximum absolute atomic E-state index is 13.9. The predicted octanol–water partition coefficient (Wildman–Crippen LogP) is 4.69. The normalized spacial score (nSPS) is 12.1. The number of nitrogens with one attached hydrogen (secondary N) is 1. The number of benzene rings is 2. The standard InChI is InChI=1S/C22H24F2N4O2S/c1-14(2)28-21(15(3)30-19-7-5-4-6-18(19)24)26-27-22(28)31-13-20(29)25-12-16-8-10-17(23)11-9-16/h4-11,14-15H,12-13H2,1-3H3,(H,25,29). The summed E-state index contributed by atoms with van der Waals surface area (Å²) in [4.78, 5) is 12.2. The van der Waals surface area contributed by atoms with Gasteiger partial charge in [-0.25, -0.2) is 8.78 Å². The van der Waals surface area contributed by atoms with Crippen molar-refractivity contribution < 1.29 is 18.3 Å². The second kappa shape index (κ2) is 10.4. The van der Waals surface area contributed by atoms with Crippen molar-refractivity contribution in [2.45, 2.75) is 44.6 Å². The van der Waals surface area contributed by atoms with Gasteiger partial charge in [-0.2, -0.15) is 0 Å². The van der Waals surface area contributed by atoms with Crippen LogP contribution in [0.4, 0.5) is 8.78 Å². The van der Waals surface area contributed by atoms with Gasteiger partial charge in [-0.3, -0.25) is 4.79 Å². The third-order valence-electron chi connectivity index (χ3n) is 4.45. The topological polar surface area (TPSA) is 69.0 Å². The molecule has 0 saturated heterocycles. The Bertz CT molecular complexity index is 1020. The smallest absolute Gasteiger partial charge is 0.230 e. The third-order valence-corrected chi connectivity index (χ3v) is 5.39. The minimum absolute atomic E-state index is 0.0152. The van der Waals surface area contributed by atoms with Gasteiger partial charge >= 0.3 is 0 Å². The monoisotopic (exact) mass is 446 g/mol. The van der Waals surface area contributed by atoms with Crippen LogP contribution in [0.25, 0.3) is 0 Å². The highest BCUT2D eigenvalue weighted by Crippen LogP contribution is 2.28. The molecule has 0 aliphatic rings. The van der Waals surface area contributed by atoms with Crippen LogP contribution in [0.2, 0.25) is 0 Å². The summed E-state index contributed by atoms with van der Waals surface area (Å²) < 4.78 is 34.5. The molecule has 0 bridgehead atoms. The number of hydrogen-bond acceptors (Lipinski definition) is 5. The van der Waals surface area contributed by atoms with Gasteiger partial charge in [0, 0.05) is 12.6 Å². The minimum Gasteiger partial charge on any atom is -0.480 e. The molecule has 0 fully saturated rings. The maximum atomic E-state index is 13.9. The average molecular weight is 447 g/mol. The van der Waals surface area contributed by atoms with Gasteiger partial charge in [-0.15, -0.1) is 10.2 Å². The molecule has 3 aromatic rings. The van der Waals surface area contributed by atoms with Crippen LogP contribution in [0.5, 0.6) is 5.75 Å². The van der Waals surface area contributed by atoms with Crippen LogP contribution in [0.15, 0.2) is 53.7 Å². The van der Waals surface area contributed by atoms with E-state index in [9.17, 15) is 13.6 Å². The number of rotatable bonds is 9. The lowest BCUT2D eigenvalue weighted by Crippen LogP contribution is -2.24. The summed E-state index contributed by atoms with van der Waals surface area (Å²) in [5, 5.41) is 11.8. The van der Waals surface area contributed by atoms with E-state index in [1.807, 2.05) is 18.4 Å². The van der Waals surface area contributed by atoms with Crippen LogP contribution < -0.4 is 10.1 Å². The molecule has 1 unspecified atom stereocenters. The van der Waals surface area contributed by atoms with E-state index in [1.165, 1.54) is 30.0 Å². The average Bonchev–Trinajstić information content (AvgIpc) is 3.18. The van der Waals surface area contributed by atoms with Gasteiger partial charge < -0.3 is 14.6 Å². The Labute approximate surface area is 184 Å². The van der Waals surface area contributed by atoms with Crippen molar-refractivity contribution in [3.05, 3.63) is 71.6 Å². The van der Waals surface area contributed by atoms with Gasteiger partial charge in [0.15, 0.2) is 28.7 Å². The number of para-hydroxylation sites is 1. The maximum Gasteiger partial charge on any atom is 0.230 e. The Morgan fingerprint density at radius 1 is 1.10 bits per heavy atom. The second-order valence-corrected chi connectivity index (χ2v) is 8.13. The zero-order chi connectivity index (χ0) is 22.4. The quantitative estimate of drug-likeness (QED) is 0.483. The molecule has 0 radical (unpaired) electrons. The number of aromatic nitrogens is 3. The Kier molecular flexibility index (Phi) is 7.62. The number of ether oxygens (including phenoxy) is 1. The Balaban J connectivity index is 1.62. The molecular formula is C22H24F2N4O2S. The summed E-state index contributed by atoms with van der Waals surface area (Å²) in [6, 6.07) is 12.2. The highest BCUT2D eigenvalue weighted by Gasteiger charge is 2.22. The van der Waals surface area contributed by atoms with E-state index in [1.54, 1.807) is 37.3 Å². The van der Waals surface area contributed by atoms with Crippen LogP contribution in [0.1, 0.15) is 44.3 Å². The van der Waals surface area contributed by atoms with E-state index < -0.39 is 11.9 Å². The first-order valence-electron chi connectivity index (χ1n) is 9.85. The van der Waals surface area contributed by atoms with Gasteiger partial charge in [0.2, 0.25) is 5.91 Å². The summed E-state index contributed by atoms with van der Waals surface area (Å²) in [5.41, 5.74) is 0.812. The summed E-state index contributed by atoms with van der Waals surface area (Å²) in [6.45, 7) is 6.04. The molecule has 164 valence electrons. The van der Waals surface area contributed by atoms with Crippen molar-refractivity contribution in [3.8, 4) is 5.75 Å². The summed E-state index contributed by atoms with van der Waals surface area (Å²) in [5.74, 6) is -0.103. The molecule has 0 aliphatic heterocycles. The van der Waals surface area contributed by atoms with Crippen molar-refractivity contribution >= 4 is 17.7 Å². The fourth-order valence-electron chi connectivity index (χ4n) is 2.92. The summed E-state index contributed by atoms with van der Waals surface area (Å²) >= 11 is 1.26. The van der Waals surface area contributed by atoms with E-state index in [4.69, 9.17) is 4.74 Å². The van der Waals surface area contributed by atoms with Crippen molar-refractivity contribution in [2.75, 3.05) is 5.75 Å². The third kappa shape index (κ3) is 6.04. The van der Waals surface area contributed by atoms with E-state index in [0.29, 0.717) is 17.5 Å². The first kappa shape index (κ1) is 22.7. The van der Waals surface area contributed by atoms with E-state index >= 15 is 0 Å². The fourth-order valence-corrected chi connectivity index (χ4v) is 3.82. The Morgan fingerprint density at radius 3 is 2.48 bits per heavy atom. The summed E-state index contributed by atoms with van der Waals surface area (Å²) in [6.07, 6.45) is -0.534.